The molecule has 0 aromatic heterocycles. The number of hydrogen-bond donors (Lipinski definition) is 2. The molecule has 1 aromatic carbocycles. The van der Waals surface area contributed by atoms with Crippen LogP contribution in [-0.4, -0.2) is 25.5 Å². The molecule has 1 aliphatic heterocycles. The van der Waals surface area contributed by atoms with Gasteiger partial charge in [0, 0.05) is 16.9 Å². The number of rotatable bonds is 3. The summed E-state index contributed by atoms with van der Waals surface area (Å²) in [5.41, 5.74) is 0.624. The summed E-state index contributed by atoms with van der Waals surface area (Å²) in [5, 5.41) is 3.90. The van der Waals surface area contributed by atoms with Crippen LogP contribution in [0.3, 0.4) is 0 Å². The van der Waals surface area contributed by atoms with E-state index in [1.807, 2.05) is 0 Å². The predicted molar refractivity (Wildman–Crippen MR) is 83.6 cm³/mol. The molecule has 2 rings (SSSR count). The van der Waals surface area contributed by atoms with Gasteiger partial charge in [-0.15, -0.1) is 0 Å². The van der Waals surface area contributed by atoms with E-state index in [1.165, 1.54) is 11.3 Å². The Balaban J connectivity index is 1.92. The Morgan fingerprint density at radius 2 is 1.95 bits per heavy atom. The van der Waals surface area contributed by atoms with Gasteiger partial charge in [0.1, 0.15) is 0 Å². The molecule has 0 bridgehead atoms. The third-order valence-corrected chi connectivity index (χ3v) is 4.24. The number of benzene rings is 1. The van der Waals surface area contributed by atoms with Gasteiger partial charge in [-0.05, 0) is 24.6 Å². The van der Waals surface area contributed by atoms with Crippen molar-refractivity contribution in [1.82, 2.24) is 0 Å². The second-order valence-corrected chi connectivity index (χ2v) is 6.80. The Bertz CT molecular complexity index is 483. The first-order chi connectivity index (χ1) is 9.44. The standard InChI is InChI=1S/C15H20Cl2N2O/c1-10-5-11(2)8-19(7-10)9-15(20)18-14-4-3-12(16)6-13(14)17/h3-4,6,10-11H,5,7-9H2,1-2H3,(H,18,20)/p+1/t10-,11-/m0/s1. The lowest BCUT2D eigenvalue weighted by Crippen LogP contribution is -3.15. The van der Waals surface area contributed by atoms with E-state index in [0.717, 1.165) is 13.1 Å². The Morgan fingerprint density at radius 3 is 2.55 bits per heavy atom. The summed E-state index contributed by atoms with van der Waals surface area (Å²) in [4.78, 5) is 13.5. The van der Waals surface area contributed by atoms with Gasteiger partial charge in [-0.2, -0.15) is 0 Å². The smallest absolute Gasteiger partial charge is 0.279 e. The maximum Gasteiger partial charge on any atom is 0.279 e. The molecule has 2 N–H and O–H groups in total. The topological polar surface area (TPSA) is 33.5 Å². The Kier molecular flexibility index (Phi) is 5.30. The van der Waals surface area contributed by atoms with E-state index in [1.54, 1.807) is 18.2 Å². The van der Waals surface area contributed by atoms with Crippen LogP contribution in [0.25, 0.3) is 0 Å². The van der Waals surface area contributed by atoms with E-state index in [-0.39, 0.29) is 5.91 Å². The van der Waals surface area contributed by atoms with Gasteiger partial charge in [-0.3, -0.25) is 4.79 Å². The number of piperidine rings is 1. The molecule has 0 unspecified atom stereocenters. The number of hydrogen-bond acceptors (Lipinski definition) is 1. The van der Waals surface area contributed by atoms with Crippen molar-refractivity contribution in [2.45, 2.75) is 20.3 Å². The summed E-state index contributed by atoms with van der Waals surface area (Å²) in [5.74, 6) is 1.37. The molecule has 2 atom stereocenters. The van der Waals surface area contributed by atoms with Crippen molar-refractivity contribution in [2.24, 2.45) is 11.8 Å². The average molecular weight is 316 g/mol. The van der Waals surface area contributed by atoms with Crippen LogP contribution >= 0.6 is 23.2 Å². The minimum atomic E-state index is 0.00511. The fraction of sp³-hybridized carbons (Fsp3) is 0.533. The first-order valence-corrected chi connectivity index (χ1v) is 7.78. The molecule has 0 spiro atoms. The molecule has 1 heterocycles. The molecule has 1 aliphatic rings. The van der Waals surface area contributed by atoms with Crippen LogP contribution < -0.4 is 10.2 Å². The summed E-state index contributed by atoms with van der Waals surface area (Å²) >= 11 is 11.9. The van der Waals surface area contributed by atoms with Crippen LogP contribution in [0.1, 0.15) is 20.3 Å². The van der Waals surface area contributed by atoms with E-state index in [9.17, 15) is 4.79 Å². The zero-order valence-electron chi connectivity index (χ0n) is 11.9. The first kappa shape index (κ1) is 15.6. The Morgan fingerprint density at radius 1 is 1.30 bits per heavy atom. The molecule has 1 aromatic rings. The number of quaternary nitrogens is 1. The van der Waals surface area contributed by atoms with Crippen LogP contribution in [0.4, 0.5) is 5.69 Å². The first-order valence-electron chi connectivity index (χ1n) is 7.02. The second kappa shape index (κ2) is 6.79. The maximum absolute atomic E-state index is 12.1. The summed E-state index contributed by atoms with van der Waals surface area (Å²) in [7, 11) is 0. The van der Waals surface area contributed by atoms with Gasteiger partial charge in [0.05, 0.1) is 23.8 Å². The van der Waals surface area contributed by atoms with Gasteiger partial charge in [0.15, 0.2) is 6.54 Å². The fourth-order valence-corrected chi connectivity index (χ4v) is 3.53. The van der Waals surface area contributed by atoms with Gasteiger partial charge in [-0.25, -0.2) is 0 Å². The van der Waals surface area contributed by atoms with Crippen LogP contribution in [0.2, 0.25) is 10.0 Å². The second-order valence-electron chi connectivity index (χ2n) is 5.95. The summed E-state index contributed by atoms with van der Waals surface area (Å²) in [6.45, 7) is 7.12. The van der Waals surface area contributed by atoms with E-state index >= 15 is 0 Å². The summed E-state index contributed by atoms with van der Waals surface area (Å²) in [6, 6.07) is 5.09. The lowest BCUT2D eigenvalue weighted by Gasteiger charge is -2.31. The average Bonchev–Trinajstić information content (AvgIpc) is 2.31. The molecule has 1 amide bonds. The molecule has 0 aliphatic carbocycles. The van der Waals surface area contributed by atoms with Gasteiger partial charge in [0.25, 0.3) is 5.91 Å². The molecule has 1 fully saturated rings. The molecule has 0 saturated carbocycles. The van der Waals surface area contributed by atoms with Crippen molar-refractivity contribution < 1.29 is 9.69 Å². The number of nitrogens with one attached hydrogen (secondary N) is 2. The molecule has 5 heteroatoms. The van der Waals surface area contributed by atoms with Gasteiger partial charge >= 0.3 is 0 Å². The van der Waals surface area contributed by atoms with Crippen LogP contribution in [0.15, 0.2) is 18.2 Å². The van der Waals surface area contributed by atoms with E-state index in [2.05, 4.69) is 19.2 Å². The molecule has 3 nitrogen and oxygen atoms in total. The van der Waals surface area contributed by atoms with Gasteiger partial charge in [0.2, 0.25) is 0 Å². The van der Waals surface area contributed by atoms with Crippen molar-refractivity contribution in [3.8, 4) is 0 Å². The highest BCUT2D eigenvalue weighted by atomic mass is 35.5. The van der Waals surface area contributed by atoms with Crippen LogP contribution in [0, 0.1) is 11.8 Å². The Labute approximate surface area is 130 Å². The molecule has 1 saturated heterocycles. The molecule has 20 heavy (non-hydrogen) atoms. The van der Waals surface area contributed by atoms with E-state index < -0.39 is 0 Å². The normalized spacial score (nSPS) is 26.3. The molecular formula is C15H21Cl2N2O+. The summed E-state index contributed by atoms with van der Waals surface area (Å²) < 4.78 is 0. The lowest BCUT2D eigenvalue weighted by molar-refractivity contribution is -0.904. The molecular weight excluding hydrogens is 295 g/mol. The fourth-order valence-electron chi connectivity index (χ4n) is 3.08. The quantitative estimate of drug-likeness (QED) is 0.883. The molecule has 110 valence electrons. The maximum atomic E-state index is 12.1. The highest BCUT2D eigenvalue weighted by Crippen LogP contribution is 2.25. The highest BCUT2D eigenvalue weighted by Gasteiger charge is 2.26. The SMILES string of the molecule is C[C@H]1C[C@H](C)C[NH+](CC(=O)Nc2ccc(Cl)cc2Cl)C1. The zero-order chi connectivity index (χ0) is 14.7. The van der Waals surface area contributed by atoms with Crippen molar-refractivity contribution >= 4 is 34.8 Å². The number of carbonyl (C=O) groups excluding carboxylic acids is 1. The van der Waals surface area contributed by atoms with Crippen LogP contribution in [-0.2, 0) is 4.79 Å². The van der Waals surface area contributed by atoms with E-state index in [0.29, 0.717) is 34.1 Å². The van der Waals surface area contributed by atoms with Gasteiger partial charge < -0.3 is 10.2 Å². The van der Waals surface area contributed by atoms with E-state index in [4.69, 9.17) is 23.2 Å². The minimum absolute atomic E-state index is 0.00511. The number of amides is 1. The largest absolute Gasteiger partial charge is 0.327 e. The number of carbonyl (C=O) groups is 1. The zero-order valence-corrected chi connectivity index (χ0v) is 13.4. The van der Waals surface area contributed by atoms with Crippen molar-refractivity contribution in [3.05, 3.63) is 28.2 Å². The third kappa shape index (κ3) is 4.37. The monoisotopic (exact) mass is 315 g/mol. The van der Waals surface area contributed by atoms with Crippen molar-refractivity contribution in [2.75, 3.05) is 25.0 Å². The van der Waals surface area contributed by atoms with Crippen molar-refractivity contribution in [1.29, 1.82) is 0 Å². The number of anilines is 1. The third-order valence-electron chi connectivity index (χ3n) is 3.69. The highest BCUT2D eigenvalue weighted by molar-refractivity contribution is 6.36. The lowest BCUT2D eigenvalue weighted by atomic mass is 9.92. The number of likely N-dealkylation sites (tertiary alicyclic amines) is 1. The minimum Gasteiger partial charge on any atom is -0.327 e. The molecule has 0 radical (unpaired) electrons. The summed E-state index contributed by atoms with van der Waals surface area (Å²) in [6.07, 6.45) is 1.26. The predicted octanol–water partition coefficient (Wildman–Crippen LogP) is 2.49. The number of halogens is 2. The Hall–Kier alpha value is -0.770. The van der Waals surface area contributed by atoms with Crippen LogP contribution in [0.5, 0.6) is 0 Å². The van der Waals surface area contributed by atoms with Gasteiger partial charge in [-0.1, -0.05) is 37.0 Å². The van der Waals surface area contributed by atoms with Crippen molar-refractivity contribution in [3.63, 3.8) is 0 Å².